The second-order valence-electron chi connectivity index (χ2n) is 5.97. The van der Waals surface area contributed by atoms with Crippen LogP contribution in [0, 0.1) is 13.8 Å². The van der Waals surface area contributed by atoms with Gasteiger partial charge in [0.1, 0.15) is 5.75 Å². The molecule has 0 atom stereocenters. The predicted molar refractivity (Wildman–Crippen MR) is 104 cm³/mol. The molecule has 0 aliphatic carbocycles. The molecule has 1 aromatic carbocycles. The normalized spacial score (nSPS) is 10.6. The van der Waals surface area contributed by atoms with E-state index in [9.17, 15) is 4.79 Å². The van der Waals surface area contributed by atoms with Gasteiger partial charge in [-0.1, -0.05) is 29.8 Å². The molecule has 0 radical (unpaired) electrons. The Morgan fingerprint density at radius 2 is 1.64 bits per heavy atom. The van der Waals surface area contributed by atoms with Crippen LogP contribution < -0.4 is 4.74 Å². The van der Waals surface area contributed by atoms with E-state index in [1.54, 1.807) is 22.7 Å². The van der Waals surface area contributed by atoms with E-state index in [0.717, 1.165) is 11.3 Å². The zero-order valence-corrected chi connectivity index (χ0v) is 16.0. The summed E-state index contributed by atoms with van der Waals surface area (Å²) in [6.07, 6.45) is 0. The summed E-state index contributed by atoms with van der Waals surface area (Å²) in [6.45, 7) is 5.34. The average Bonchev–Trinajstić information content (AvgIpc) is 3.27. The summed E-state index contributed by atoms with van der Waals surface area (Å²) in [4.78, 5) is 17.0. The Morgan fingerprint density at radius 1 is 1.00 bits per heavy atom. The van der Waals surface area contributed by atoms with Gasteiger partial charge >= 0.3 is 0 Å². The highest BCUT2D eigenvalue weighted by Gasteiger charge is 2.17. The van der Waals surface area contributed by atoms with Gasteiger partial charge < -0.3 is 9.64 Å². The van der Waals surface area contributed by atoms with Crippen molar-refractivity contribution in [2.75, 3.05) is 6.61 Å². The first-order valence-electron chi connectivity index (χ1n) is 8.14. The van der Waals surface area contributed by atoms with Gasteiger partial charge in [-0.2, -0.15) is 0 Å². The van der Waals surface area contributed by atoms with Gasteiger partial charge in [0.2, 0.25) is 0 Å². The van der Waals surface area contributed by atoms with Crippen molar-refractivity contribution in [3.63, 3.8) is 0 Å². The standard InChI is InChI=1S/C20H21NO2S2/c1-15-7-8-19(16(2)11-15)23-14-20(22)21(12-17-5-3-9-24-17)13-18-6-4-10-25-18/h3-11H,12-14H2,1-2H3. The van der Waals surface area contributed by atoms with E-state index in [4.69, 9.17) is 4.74 Å². The van der Waals surface area contributed by atoms with Crippen molar-refractivity contribution in [3.05, 3.63) is 74.1 Å². The van der Waals surface area contributed by atoms with Crippen LogP contribution in [-0.4, -0.2) is 17.4 Å². The minimum absolute atomic E-state index is 0.00164. The van der Waals surface area contributed by atoms with E-state index in [0.29, 0.717) is 13.1 Å². The van der Waals surface area contributed by atoms with Crippen LogP contribution in [0.25, 0.3) is 0 Å². The number of aryl methyl sites for hydroxylation is 2. The van der Waals surface area contributed by atoms with Crippen molar-refractivity contribution < 1.29 is 9.53 Å². The van der Waals surface area contributed by atoms with E-state index >= 15 is 0 Å². The highest BCUT2D eigenvalue weighted by Crippen LogP contribution is 2.20. The van der Waals surface area contributed by atoms with Gasteiger partial charge in [-0.25, -0.2) is 0 Å². The number of hydrogen-bond donors (Lipinski definition) is 0. The van der Waals surface area contributed by atoms with E-state index in [-0.39, 0.29) is 12.5 Å². The van der Waals surface area contributed by atoms with Crippen LogP contribution in [0.5, 0.6) is 5.75 Å². The quantitative estimate of drug-likeness (QED) is 0.583. The third-order valence-electron chi connectivity index (χ3n) is 3.89. The predicted octanol–water partition coefficient (Wildman–Crippen LogP) is 5.03. The molecule has 130 valence electrons. The molecule has 3 rings (SSSR count). The highest BCUT2D eigenvalue weighted by atomic mass is 32.1. The topological polar surface area (TPSA) is 29.5 Å². The van der Waals surface area contributed by atoms with E-state index < -0.39 is 0 Å². The lowest BCUT2D eigenvalue weighted by molar-refractivity contribution is -0.134. The minimum Gasteiger partial charge on any atom is -0.483 e. The molecule has 25 heavy (non-hydrogen) atoms. The molecular weight excluding hydrogens is 350 g/mol. The molecule has 5 heteroatoms. The van der Waals surface area contributed by atoms with Crippen LogP contribution in [0.3, 0.4) is 0 Å². The lowest BCUT2D eigenvalue weighted by Crippen LogP contribution is -2.33. The van der Waals surface area contributed by atoms with Gasteiger partial charge in [0.15, 0.2) is 6.61 Å². The van der Waals surface area contributed by atoms with Crippen molar-refractivity contribution in [1.29, 1.82) is 0 Å². The molecule has 2 heterocycles. The van der Waals surface area contributed by atoms with Gasteiger partial charge in [0, 0.05) is 9.75 Å². The van der Waals surface area contributed by atoms with Crippen LogP contribution in [0.4, 0.5) is 0 Å². The number of ether oxygens (including phenoxy) is 1. The summed E-state index contributed by atoms with van der Waals surface area (Å²) in [5, 5.41) is 4.07. The lowest BCUT2D eigenvalue weighted by Gasteiger charge is -2.22. The Morgan fingerprint density at radius 3 is 2.16 bits per heavy atom. The maximum absolute atomic E-state index is 12.8. The van der Waals surface area contributed by atoms with Crippen LogP contribution in [0.2, 0.25) is 0 Å². The SMILES string of the molecule is Cc1ccc(OCC(=O)N(Cc2cccs2)Cc2cccs2)c(C)c1. The molecule has 0 N–H and O–H groups in total. The Bertz CT molecular complexity index is 774. The molecule has 3 aromatic rings. The summed E-state index contributed by atoms with van der Waals surface area (Å²) in [5.74, 6) is 0.771. The van der Waals surface area contributed by atoms with Crippen LogP contribution in [0.15, 0.2) is 53.2 Å². The Labute approximate surface area is 156 Å². The maximum atomic E-state index is 12.8. The molecule has 2 aromatic heterocycles. The molecule has 0 fully saturated rings. The molecule has 0 aliphatic rings. The Kier molecular flexibility index (Phi) is 5.89. The van der Waals surface area contributed by atoms with Crippen molar-refractivity contribution in [2.24, 2.45) is 0 Å². The molecule has 0 spiro atoms. The van der Waals surface area contributed by atoms with Gasteiger partial charge in [-0.15, -0.1) is 22.7 Å². The third kappa shape index (κ3) is 4.94. The van der Waals surface area contributed by atoms with Crippen molar-refractivity contribution >= 4 is 28.6 Å². The van der Waals surface area contributed by atoms with Crippen LogP contribution in [-0.2, 0) is 17.9 Å². The number of carbonyl (C=O) groups excluding carboxylic acids is 1. The number of rotatable bonds is 7. The second kappa shape index (κ2) is 8.32. The highest BCUT2D eigenvalue weighted by molar-refractivity contribution is 7.10. The van der Waals surface area contributed by atoms with E-state index in [1.807, 2.05) is 53.8 Å². The summed E-state index contributed by atoms with van der Waals surface area (Å²) < 4.78 is 5.79. The van der Waals surface area contributed by atoms with E-state index in [2.05, 4.69) is 18.2 Å². The first-order chi connectivity index (χ1) is 12.1. The number of thiophene rings is 2. The Hall–Kier alpha value is -2.11. The number of amides is 1. The largest absolute Gasteiger partial charge is 0.483 e. The fraction of sp³-hybridized carbons (Fsp3) is 0.250. The smallest absolute Gasteiger partial charge is 0.261 e. The zero-order valence-electron chi connectivity index (χ0n) is 14.4. The lowest BCUT2D eigenvalue weighted by atomic mass is 10.1. The maximum Gasteiger partial charge on any atom is 0.261 e. The van der Waals surface area contributed by atoms with Gasteiger partial charge in [0.05, 0.1) is 13.1 Å². The van der Waals surface area contributed by atoms with E-state index in [1.165, 1.54) is 15.3 Å². The molecule has 0 bridgehead atoms. The summed E-state index contributed by atoms with van der Waals surface area (Å²) in [5.41, 5.74) is 2.24. The molecule has 0 saturated carbocycles. The molecule has 1 amide bonds. The van der Waals surface area contributed by atoms with Crippen molar-refractivity contribution in [2.45, 2.75) is 26.9 Å². The van der Waals surface area contributed by atoms with Crippen molar-refractivity contribution in [1.82, 2.24) is 4.90 Å². The number of carbonyl (C=O) groups is 1. The molecular formula is C20H21NO2S2. The zero-order chi connectivity index (χ0) is 17.6. The first kappa shape index (κ1) is 17.7. The first-order valence-corrected chi connectivity index (χ1v) is 9.90. The molecule has 0 saturated heterocycles. The number of hydrogen-bond acceptors (Lipinski definition) is 4. The average molecular weight is 372 g/mol. The fourth-order valence-corrected chi connectivity index (χ4v) is 4.04. The van der Waals surface area contributed by atoms with Gasteiger partial charge in [-0.05, 0) is 48.4 Å². The summed E-state index contributed by atoms with van der Waals surface area (Å²) >= 11 is 3.34. The van der Waals surface area contributed by atoms with Gasteiger partial charge in [-0.3, -0.25) is 4.79 Å². The Balaban J connectivity index is 1.67. The van der Waals surface area contributed by atoms with Crippen molar-refractivity contribution in [3.8, 4) is 5.75 Å². The van der Waals surface area contributed by atoms with Crippen LogP contribution in [0.1, 0.15) is 20.9 Å². The molecule has 0 aliphatic heterocycles. The number of nitrogens with zero attached hydrogens (tertiary/aromatic N) is 1. The molecule has 3 nitrogen and oxygen atoms in total. The molecule has 0 unspecified atom stereocenters. The summed E-state index contributed by atoms with van der Waals surface area (Å²) in [7, 11) is 0. The fourth-order valence-electron chi connectivity index (χ4n) is 2.61. The van der Waals surface area contributed by atoms with Crippen LogP contribution >= 0.6 is 22.7 Å². The second-order valence-corrected chi connectivity index (χ2v) is 8.03. The third-order valence-corrected chi connectivity index (χ3v) is 5.61. The number of benzene rings is 1. The summed E-state index contributed by atoms with van der Waals surface area (Å²) in [6, 6.07) is 14.1. The minimum atomic E-state index is 0.00164. The van der Waals surface area contributed by atoms with Gasteiger partial charge in [0.25, 0.3) is 5.91 Å². The monoisotopic (exact) mass is 371 g/mol.